The first-order chi connectivity index (χ1) is 13.6. The maximum atomic E-state index is 14.9. The molecule has 4 rings (SSSR count). The summed E-state index contributed by atoms with van der Waals surface area (Å²) in [5.74, 6) is -0.344. The van der Waals surface area contributed by atoms with E-state index in [9.17, 15) is 8.78 Å². The molecule has 1 unspecified atom stereocenters. The molecular weight excluding hydrogens is 352 g/mol. The van der Waals surface area contributed by atoms with Crippen molar-refractivity contribution < 1.29 is 8.78 Å². The Morgan fingerprint density at radius 3 is 2.18 bits per heavy atom. The van der Waals surface area contributed by atoms with Crippen molar-refractivity contribution in [1.29, 1.82) is 0 Å². The molecule has 0 aliphatic rings. The summed E-state index contributed by atoms with van der Waals surface area (Å²) in [6, 6.07) is 25.9. The Morgan fingerprint density at radius 1 is 0.750 bits per heavy atom. The maximum absolute atomic E-state index is 14.9. The van der Waals surface area contributed by atoms with E-state index in [0.29, 0.717) is 23.2 Å². The van der Waals surface area contributed by atoms with Crippen molar-refractivity contribution in [1.82, 2.24) is 0 Å². The van der Waals surface area contributed by atoms with E-state index in [1.54, 1.807) is 18.2 Å². The van der Waals surface area contributed by atoms with Crippen LogP contribution < -0.4 is 5.73 Å². The lowest BCUT2D eigenvalue weighted by atomic mass is 9.97. The number of hydrogen-bond donors (Lipinski definition) is 1. The first-order valence-corrected chi connectivity index (χ1v) is 9.34. The molecule has 0 saturated carbocycles. The van der Waals surface area contributed by atoms with E-state index in [2.05, 4.69) is 0 Å². The third-order valence-electron chi connectivity index (χ3n) is 5.08. The summed E-state index contributed by atoms with van der Waals surface area (Å²) in [5.41, 5.74) is 9.14. The Bertz CT molecular complexity index is 1100. The summed E-state index contributed by atoms with van der Waals surface area (Å²) in [5, 5.41) is 2.08. The number of benzene rings is 4. The van der Waals surface area contributed by atoms with Crippen molar-refractivity contribution in [2.45, 2.75) is 19.1 Å². The third-order valence-corrected chi connectivity index (χ3v) is 5.08. The number of halogens is 2. The van der Waals surface area contributed by atoms with E-state index in [1.165, 1.54) is 6.07 Å². The zero-order valence-corrected chi connectivity index (χ0v) is 15.4. The molecule has 1 atom stereocenters. The second-order valence-corrected chi connectivity index (χ2v) is 6.99. The highest BCUT2D eigenvalue weighted by Gasteiger charge is 2.13. The van der Waals surface area contributed by atoms with Crippen LogP contribution in [0, 0.1) is 5.82 Å². The minimum absolute atomic E-state index is 0.141. The molecule has 2 N–H and O–H groups in total. The van der Waals surface area contributed by atoms with Crippen LogP contribution in [0.5, 0.6) is 0 Å². The van der Waals surface area contributed by atoms with Gasteiger partial charge in [-0.15, -0.1) is 0 Å². The van der Waals surface area contributed by atoms with Gasteiger partial charge in [0.15, 0.2) is 0 Å². The van der Waals surface area contributed by atoms with Crippen LogP contribution in [0.3, 0.4) is 0 Å². The lowest BCUT2D eigenvalue weighted by Gasteiger charge is -2.12. The molecule has 0 bridgehead atoms. The van der Waals surface area contributed by atoms with Gasteiger partial charge in [-0.2, -0.15) is 0 Å². The van der Waals surface area contributed by atoms with Crippen LogP contribution in [0.1, 0.15) is 22.9 Å². The number of hydrogen-bond acceptors (Lipinski definition) is 1. The molecule has 0 spiro atoms. The molecular formula is C25H21F2N. The fourth-order valence-electron chi connectivity index (χ4n) is 3.47. The standard InChI is InChI=1S/C25H21F2N/c26-24(22-11-10-19-3-1-2-4-21(19)15-22)13-18-7-12-23(25(27)14-18)20-8-5-17(16-28)6-9-20/h1-12,14-15,24H,13,16,28H2. The molecule has 0 aliphatic heterocycles. The first kappa shape index (κ1) is 18.3. The normalized spacial score (nSPS) is 12.2. The lowest BCUT2D eigenvalue weighted by Crippen LogP contribution is -1.99. The van der Waals surface area contributed by atoms with Crippen LogP contribution in [-0.4, -0.2) is 0 Å². The van der Waals surface area contributed by atoms with E-state index in [-0.39, 0.29) is 12.2 Å². The van der Waals surface area contributed by atoms with Gasteiger partial charge in [0.25, 0.3) is 0 Å². The molecule has 140 valence electrons. The summed E-state index contributed by atoms with van der Waals surface area (Å²) in [6.45, 7) is 0.453. The van der Waals surface area contributed by atoms with Crippen LogP contribution >= 0.6 is 0 Å². The summed E-state index contributed by atoms with van der Waals surface area (Å²) in [7, 11) is 0. The number of alkyl halides is 1. The monoisotopic (exact) mass is 373 g/mol. The van der Waals surface area contributed by atoms with Gasteiger partial charge in [0.05, 0.1) is 0 Å². The fourth-order valence-corrected chi connectivity index (χ4v) is 3.47. The maximum Gasteiger partial charge on any atom is 0.131 e. The predicted octanol–water partition coefficient (Wildman–Crippen LogP) is 6.36. The van der Waals surface area contributed by atoms with Crippen molar-refractivity contribution >= 4 is 10.8 Å². The first-order valence-electron chi connectivity index (χ1n) is 9.34. The molecule has 0 fully saturated rings. The van der Waals surface area contributed by atoms with Gasteiger partial charge < -0.3 is 5.73 Å². The largest absolute Gasteiger partial charge is 0.326 e. The van der Waals surface area contributed by atoms with E-state index in [4.69, 9.17) is 5.73 Å². The molecule has 4 aromatic carbocycles. The van der Waals surface area contributed by atoms with Crippen molar-refractivity contribution in [2.24, 2.45) is 5.73 Å². The zero-order valence-electron chi connectivity index (χ0n) is 15.4. The van der Waals surface area contributed by atoms with Crippen LogP contribution in [0.15, 0.2) is 84.9 Å². The second-order valence-electron chi connectivity index (χ2n) is 6.99. The van der Waals surface area contributed by atoms with E-state index in [0.717, 1.165) is 21.9 Å². The Hall–Kier alpha value is -3.04. The Kier molecular flexibility index (Phi) is 5.18. The average molecular weight is 373 g/mol. The number of fused-ring (bicyclic) bond motifs is 1. The Morgan fingerprint density at radius 2 is 1.46 bits per heavy atom. The summed E-state index contributed by atoms with van der Waals surface area (Å²) >= 11 is 0. The molecule has 28 heavy (non-hydrogen) atoms. The second kappa shape index (κ2) is 7.91. The Labute approximate surface area is 163 Å². The van der Waals surface area contributed by atoms with Gasteiger partial charge in [-0.3, -0.25) is 0 Å². The van der Waals surface area contributed by atoms with Crippen molar-refractivity contribution in [3.05, 3.63) is 107 Å². The van der Waals surface area contributed by atoms with Gasteiger partial charge in [-0.25, -0.2) is 8.78 Å². The minimum Gasteiger partial charge on any atom is -0.326 e. The molecule has 4 aromatic rings. The molecule has 1 nitrogen and oxygen atoms in total. The van der Waals surface area contributed by atoms with Crippen molar-refractivity contribution in [2.75, 3.05) is 0 Å². The molecule has 0 saturated heterocycles. The van der Waals surface area contributed by atoms with Gasteiger partial charge in [-0.1, -0.05) is 72.8 Å². The highest BCUT2D eigenvalue weighted by molar-refractivity contribution is 5.83. The van der Waals surface area contributed by atoms with Crippen LogP contribution in [0.25, 0.3) is 21.9 Å². The van der Waals surface area contributed by atoms with E-state index >= 15 is 0 Å². The summed E-state index contributed by atoms with van der Waals surface area (Å²) in [6.07, 6.45) is -1.04. The van der Waals surface area contributed by atoms with Gasteiger partial charge in [0.1, 0.15) is 12.0 Å². The van der Waals surface area contributed by atoms with Gasteiger partial charge >= 0.3 is 0 Å². The number of rotatable bonds is 5. The smallest absolute Gasteiger partial charge is 0.131 e. The van der Waals surface area contributed by atoms with E-state index in [1.807, 2.05) is 60.7 Å². The Balaban J connectivity index is 1.54. The average Bonchev–Trinajstić information content (AvgIpc) is 2.73. The fraction of sp³-hybridized carbons (Fsp3) is 0.120. The summed E-state index contributed by atoms with van der Waals surface area (Å²) < 4.78 is 29.5. The van der Waals surface area contributed by atoms with Crippen LogP contribution in [-0.2, 0) is 13.0 Å². The van der Waals surface area contributed by atoms with Gasteiger partial charge in [0, 0.05) is 18.5 Å². The van der Waals surface area contributed by atoms with Crippen LogP contribution in [0.2, 0.25) is 0 Å². The minimum atomic E-state index is -1.18. The molecule has 0 heterocycles. The lowest BCUT2D eigenvalue weighted by molar-refractivity contribution is 0.342. The molecule has 0 aromatic heterocycles. The molecule has 3 heteroatoms. The van der Waals surface area contributed by atoms with Crippen LogP contribution in [0.4, 0.5) is 8.78 Å². The van der Waals surface area contributed by atoms with Gasteiger partial charge in [-0.05, 0) is 45.2 Å². The molecule has 0 radical (unpaired) electrons. The van der Waals surface area contributed by atoms with E-state index < -0.39 is 6.17 Å². The van der Waals surface area contributed by atoms with Gasteiger partial charge in [0.2, 0.25) is 0 Å². The van der Waals surface area contributed by atoms with Crippen molar-refractivity contribution in [3.63, 3.8) is 0 Å². The number of nitrogens with two attached hydrogens (primary N) is 1. The quantitative estimate of drug-likeness (QED) is 0.433. The predicted molar refractivity (Wildman–Crippen MR) is 111 cm³/mol. The van der Waals surface area contributed by atoms with Crippen molar-refractivity contribution in [3.8, 4) is 11.1 Å². The highest BCUT2D eigenvalue weighted by Crippen LogP contribution is 2.29. The topological polar surface area (TPSA) is 26.0 Å². The highest BCUT2D eigenvalue weighted by atomic mass is 19.1. The molecule has 0 amide bonds. The zero-order chi connectivity index (χ0) is 19.5. The summed E-state index contributed by atoms with van der Waals surface area (Å²) in [4.78, 5) is 0. The SMILES string of the molecule is NCc1ccc(-c2ccc(CC(F)c3ccc4ccccc4c3)cc2F)cc1. The molecule has 0 aliphatic carbocycles. The third kappa shape index (κ3) is 3.80.